The smallest absolute Gasteiger partial charge is 0.411 e. The standard InChI is InChI=1S/C17H21NO4/c1-3-8-14-15(16(19)21-11-4-2)18(17(20)22-14)12-13-9-6-5-7-10-13/h4-7,9-10,14-15H,2-3,8,11-12H2,1H3/t14-,15+/m0/s1. The molecule has 0 unspecified atom stereocenters. The van der Waals surface area contributed by atoms with Gasteiger partial charge >= 0.3 is 12.1 Å². The molecule has 1 heterocycles. The first-order chi connectivity index (χ1) is 10.7. The molecule has 22 heavy (non-hydrogen) atoms. The molecule has 1 fully saturated rings. The molecule has 1 aromatic carbocycles. The molecule has 0 spiro atoms. The number of amides is 1. The van der Waals surface area contributed by atoms with Crippen LogP contribution in [-0.2, 0) is 20.8 Å². The van der Waals surface area contributed by atoms with Crippen LogP contribution in [0.5, 0.6) is 0 Å². The van der Waals surface area contributed by atoms with Gasteiger partial charge < -0.3 is 9.47 Å². The van der Waals surface area contributed by atoms with Crippen molar-refractivity contribution in [2.24, 2.45) is 0 Å². The van der Waals surface area contributed by atoms with E-state index in [9.17, 15) is 9.59 Å². The van der Waals surface area contributed by atoms with Gasteiger partial charge in [-0.1, -0.05) is 56.3 Å². The number of ether oxygens (including phenoxy) is 2. The van der Waals surface area contributed by atoms with E-state index < -0.39 is 24.2 Å². The quantitative estimate of drug-likeness (QED) is 0.574. The van der Waals surface area contributed by atoms with E-state index in [-0.39, 0.29) is 6.61 Å². The van der Waals surface area contributed by atoms with Crippen molar-refractivity contribution < 1.29 is 19.1 Å². The summed E-state index contributed by atoms with van der Waals surface area (Å²) in [6, 6.07) is 8.81. The lowest BCUT2D eigenvalue weighted by molar-refractivity contribution is -0.148. The highest BCUT2D eigenvalue weighted by Crippen LogP contribution is 2.26. The Labute approximate surface area is 130 Å². The maximum absolute atomic E-state index is 12.3. The number of carbonyl (C=O) groups is 2. The van der Waals surface area contributed by atoms with E-state index in [1.165, 1.54) is 11.0 Å². The average molecular weight is 303 g/mol. The second kappa shape index (κ2) is 7.64. The summed E-state index contributed by atoms with van der Waals surface area (Å²) in [5.41, 5.74) is 0.943. The molecule has 2 rings (SSSR count). The third kappa shape index (κ3) is 3.67. The summed E-state index contributed by atoms with van der Waals surface area (Å²) < 4.78 is 10.5. The Morgan fingerprint density at radius 1 is 1.41 bits per heavy atom. The van der Waals surface area contributed by atoms with Crippen LogP contribution in [0.25, 0.3) is 0 Å². The first kappa shape index (κ1) is 16.1. The van der Waals surface area contributed by atoms with Crippen LogP contribution in [0.3, 0.4) is 0 Å². The maximum atomic E-state index is 12.3. The van der Waals surface area contributed by atoms with Crippen molar-refractivity contribution in [2.75, 3.05) is 6.61 Å². The fourth-order valence-electron chi connectivity index (χ4n) is 2.53. The lowest BCUT2D eigenvalue weighted by Gasteiger charge is -2.22. The molecule has 5 nitrogen and oxygen atoms in total. The maximum Gasteiger partial charge on any atom is 0.411 e. The van der Waals surface area contributed by atoms with Gasteiger partial charge in [0.25, 0.3) is 0 Å². The van der Waals surface area contributed by atoms with Gasteiger partial charge in [-0.05, 0) is 12.0 Å². The van der Waals surface area contributed by atoms with Crippen LogP contribution < -0.4 is 0 Å². The monoisotopic (exact) mass is 303 g/mol. The van der Waals surface area contributed by atoms with Crippen LogP contribution in [0.2, 0.25) is 0 Å². The SMILES string of the molecule is C=CCOC(=O)[C@H]1[C@H](CCC)OC(=O)N1Cc1ccccc1. The molecule has 0 aromatic heterocycles. The summed E-state index contributed by atoms with van der Waals surface area (Å²) in [5, 5.41) is 0. The molecule has 1 aliphatic rings. The highest BCUT2D eigenvalue weighted by Gasteiger charge is 2.46. The zero-order valence-corrected chi connectivity index (χ0v) is 12.7. The molecule has 0 radical (unpaired) electrons. The number of carbonyl (C=O) groups excluding carboxylic acids is 2. The van der Waals surface area contributed by atoms with Crippen LogP contribution in [0.4, 0.5) is 4.79 Å². The summed E-state index contributed by atoms with van der Waals surface area (Å²) in [6.07, 6.45) is 2.03. The number of esters is 1. The third-order valence-corrected chi connectivity index (χ3v) is 3.53. The minimum atomic E-state index is -0.701. The Morgan fingerprint density at radius 3 is 2.77 bits per heavy atom. The fourth-order valence-corrected chi connectivity index (χ4v) is 2.53. The van der Waals surface area contributed by atoms with Crippen LogP contribution in [0, 0.1) is 0 Å². The van der Waals surface area contributed by atoms with Gasteiger partial charge in [0, 0.05) is 0 Å². The summed E-state index contributed by atoms with van der Waals surface area (Å²) in [5.74, 6) is -0.444. The molecule has 118 valence electrons. The molecule has 1 aromatic rings. The number of nitrogens with zero attached hydrogens (tertiary/aromatic N) is 1. The average Bonchev–Trinajstić information content (AvgIpc) is 2.82. The normalized spacial score (nSPS) is 20.6. The van der Waals surface area contributed by atoms with E-state index in [0.717, 1.165) is 12.0 Å². The van der Waals surface area contributed by atoms with Crippen LogP contribution in [0.15, 0.2) is 43.0 Å². The number of benzene rings is 1. The zero-order valence-electron chi connectivity index (χ0n) is 12.7. The van der Waals surface area contributed by atoms with Gasteiger partial charge in [-0.15, -0.1) is 0 Å². The molecule has 5 heteroatoms. The highest BCUT2D eigenvalue weighted by molar-refractivity contribution is 5.85. The van der Waals surface area contributed by atoms with Crippen molar-refractivity contribution in [3.63, 3.8) is 0 Å². The molecule has 0 saturated carbocycles. The number of hydrogen-bond donors (Lipinski definition) is 0. The van der Waals surface area contributed by atoms with E-state index in [4.69, 9.17) is 9.47 Å². The third-order valence-electron chi connectivity index (χ3n) is 3.53. The van der Waals surface area contributed by atoms with Crippen molar-refractivity contribution in [1.29, 1.82) is 0 Å². The van der Waals surface area contributed by atoms with Gasteiger partial charge in [0.15, 0.2) is 6.04 Å². The largest absolute Gasteiger partial charge is 0.460 e. The Balaban J connectivity index is 2.17. The van der Waals surface area contributed by atoms with Crippen LogP contribution in [0.1, 0.15) is 25.3 Å². The summed E-state index contributed by atoms with van der Waals surface area (Å²) in [7, 11) is 0. The van der Waals surface area contributed by atoms with Gasteiger partial charge in [-0.3, -0.25) is 4.90 Å². The lowest BCUT2D eigenvalue weighted by atomic mass is 10.1. The van der Waals surface area contributed by atoms with Crippen molar-refractivity contribution >= 4 is 12.1 Å². The van der Waals surface area contributed by atoms with Gasteiger partial charge in [0.05, 0.1) is 6.54 Å². The second-order valence-corrected chi connectivity index (χ2v) is 5.19. The second-order valence-electron chi connectivity index (χ2n) is 5.19. The van der Waals surface area contributed by atoms with Crippen molar-refractivity contribution in [3.8, 4) is 0 Å². The molecule has 0 bridgehead atoms. The molecule has 2 atom stereocenters. The van der Waals surface area contributed by atoms with Crippen molar-refractivity contribution in [2.45, 2.75) is 38.5 Å². The van der Waals surface area contributed by atoms with Crippen molar-refractivity contribution in [1.82, 2.24) is 4.90 Å². The number of hydrogen-bond acceptors (Lipinski definition) is 4. The minimum absolute atomic E-state index is 0.127. The van der Waals surface area contributed by atoms with E-state index in [2.05, 4.69) is 6.58 Å². The van der Waals surface area contributed by atoms with E-state index >= 15 is 0 Å². The molecule has 0 aliphatic carbocycles. The highest BCUT2D eigenvalue weighted by atomic mass is 16.6. The predicted molar refractivity (Wildman–Crippen MR) is 82.1 cm³/mol. The van der Waals surface area contributed by atoms with E-state index in [1.54, 1.807) is 0 Å². The summed E-state index contributed by atoms with van der Waals surface area (Å²) in [6.45, 7) is 5.97. The minimum Gasteiger partial charge on any atom is -0.460 e. The molecular weight excluding hydrogens is 282 g/mol. The first-order valence-electron chi connectivity index (χ1n) is 7.46. The molecule has 0 N–H and O–H groups in total. The molecular formula is C17H21NO4. The van der Waals surface area contributed by atoms with Crippen molar-refractivity contribution in [3.05, 3.63) is 48.6 Å². The summed E-state index contributed by atoms with van der Waals surface area (Å²) >= 11 is 0. The van der Waals surface area contributed by atoms with E-state index in [0.29, 0.717) is 13.0 Å². The van der Waals surface area contributed by atoms with Crippen LogP contribution >= 0.6 is 0 Å². The fraction of sp³-hybridized carbons (Fsp3) is 0.412. The van der Waals surface area contributed by atoms with Gasteiger partial charge in [-0.25, -0.2) is 9.59 Å². The molecule has 1 aliphatic heterocycles. The number of rotatable bonds is 7. The first-order valence-corrected chi connectivity index (χ1v) is 7.46. The van der Waals surface area contributed by atoms with E-state index in [1.807, 2.05) is 37.3 Å². The molecule has 1 saturated heterocycles. The van der Waals surface area contributed by atoms with Crippen LogP contribution in [-0.4, -0.2) is 35.7 Å². The Kier molecular flexibility index (Phi) is 5.58. The van der Waals surface area contributed by atoms with Gasteiger partial charge in [-0.2, -0.15) is 0 Å². The Morgan fingerprint density at radius 2 is 2.14 bits per heavy atom. The Hall–Kier alpha value is -2.30. The van der Waals surface area contributed by atoms with Gasteiger partial charge in [0.1, 0.15) is 12.7 Å². The summed E-state index contributed by atoms with van der Waals surface area (Å²) in [4.78, 5) is 25.9. The zero-order chi connectivity index (χ0) is 15.9. The molecule has 1 amide bonds. The number of cyclic esters (lactones) is 1. The lowest BCUT2D eigenvalue weighted by Crippen LogP contribution is -2.43. The topological polar surface area (TPSA) is 55.8 Å². The Bertz CT molecular complexity index is 529. The van der Waals surface area contributed by atoms with Gasteiger partial charge in [0.2, 0.25) is 0 Å². The predicted octanol–water partition coefficient (Wildman–Crippen LogP) is 2.91.